The molecule has 218 valence electrons. The number of carbonyl (C=O) groups excluding carboxylic acids is 1. The molecule has 1 atom stereocenters. The Morgan fingerprint density at radius 3 is 2.34 bits per heavy atom. The SMILES string of the molecule is CCOC(=O)C(C)(c1cccc(C(F)(F)F)c1)c1nc2c(c(=O)n(CCCO)c(=O)n2C)n1Cc1ccc(Cl)cc1. The molecule has 41 heavy (non-hydrogen) atoms. The van der Waals surface area contributed by atoms with Crippen LogP contribution in [0, 0.1) is 0 Å². The molecule has 0 bridgehead atoms. The van der Waals surface area contributed by atoms with Gasteiger partial charge in [0.15, 0.2) is 11.2 Å². The predicted molar refractivity (Wildman–Crippen MR) is 146 cm³/mol. The zero-order valence-electron chi connectivity index (χ0n) is 22.5. The summed E-state index contributed by atoms with van der Waals surface area (Å²) in [5, 5.41) is 9.76. The highest BCUT2D eigenvalue weighted by atomic mass is 35.5. The molecule has 0 saturated heterocycles. The summed E-state index contributed by atoms with van der Waals surface area (Å²) < 4.78 is 50.0. The molecule has 0 aliphatic rings. The second-order valence-electron chi connectivity index (χ2n) is 9.62. The van der Waals surface area contributed by atoms with Gasteiger partial charge < -0.3 is 14.4 Å². The summed E-state index contributed by atoms with van der Waals surface area (Å²) in [6.07, 6.45) is -4.57. The minimum atomic E-state index is -4.70. The molecule has 9 nitrogen and oxygen atoms in total. The second kappa shape index (κ2) is 11.5. The Kier molecular flexibility index (Phi) is 8.46. The van der Waals surface area contributed by atoms with E-state index >= 15 is 0 Å². The van der Waals surface area contributed by atoms with Crippen LogP contribution in [0.15, 0.2) is 58.1 Å². The molecule has 1 N–H and O–H groups in total. The smallest absolute Gasteiger partial charge is 0.416 e. The summed E-state index contributed by atoms with van der Waals surface area (Å²) >= 11 is 6.05. The number of esters is 1. The van der Waals surface area contributed by atoms with Crippen molar-refractivity contribution in [2.24, 2.45) is 7.05 Å². The molecule has 1 unspecified atom stereocenters. The number of nitrogens with zero attached hydrogens (tertiary/aromatic N) is 4. The van der Waals surface area contributed by atoms with Crippen LogP contribution in [0.3, 0.4) is 0 Å². The lowest BCUT2D eigenvalue weighted by molar-refractivity contribution is -0.148. The van der Waals surface area contributed by atoms with E-state index in [1.165, 1.54) is 30.7 Å². The number of aliphatic hydroxyl groups excluding tert-OH is 1. The predicted octanol–water partition coefficient (Wildman–Crippen LogP) is 3.87. The van der Waals surface area contributed by atoms with E-state index in [0.717, 1.165) is 21.3 Å². The highest BCUT2D eigenvalue weighted by Crippen LogP contribution is 2.38. The highest BCUT2D eigenvalue weighted by molar-refractivity contribution is 6.30. The maximum Gasteiger partial charge on any atom is 0.416 e. The lowest BCUT2D eigenvalue weighted by atomic mass is 9.80. The zero-order valence-corrected chi connectivity index (χ0v) is 23.3. The van der Waals surface area contributed by atoms with E-state index in [1.54, 1.807) is 31.2 Å². The summed E-state index contributed by atoms with van der Waals surface area (Å²) in [5.41, 5.74) is -3.87. The first-order chi connectivity index (χ1) is 19.3. The second-order valence-corrected chi connectivity index (χ2v) is 10.1. The molecule has 2 heterocycles. The molecule has 2 aromatic heterocycles. The van der Waals surface area contributed by atoms with E-state index in [4.69, 9.17) is 16.3 Å². The van der Waals surface area contributed by atoms with Gasteiger partial charge >= 0.3 is 17.8 Å². The number of ether oxygens (including phenoxy) is 1. The van der Waals surface area contributed by atoms with Gasteiger partial charge in [0, 0.05) is 31.8 Å². The molecule has 0 aliphatic carbocycles. The molecule has 0 spiro atoms. The first-order valence-electron chi connectivity index (χ1n) is 12.7. The summed E-state index contributed by atoms with van der Waals surface area (Å²) in [5.74, 6) is -0.982. The molecule has 2 aromatic carbocycles. The van der Waals surface area contributed by atoms with Crippen molar-refractivity contribution in [2.45, 2.75) is 44.9 Å². The molecule has 0 aliphatic heterocycles. The van der Waals surface area contributed by atoms with Gasteiger partial charge in [-0.05, 0) is 49.6 Å². The average molecular weight is 593 g/mol. The van der Waals surface area contributed by atoms with Crippen molar-refractivity contribution in [3.05, 3.63) is 96.9 Å². The van der Waals surface area contributed by atoms with Crippen LogP contribution in [0.2, 0.25) is 5.02 Å². The van der Waals surface area contributed by atoms with Crippen LogP contribution in [-0.2, 0) is 41.3 Å². The van der Waals surface area contributed by atoms with Gasteiger partial charge in [-0.1, -0.05) is 41.9 Å². The largest absolute Gasteiger partial charge is 0.465 e. The fourth-order valence-corrected chi connectivity index (χ4v) is 4.85. The number of hydrogen-bond acceptors (Lipinski definition) is 6. The molecular formula is C28H28ClF3N4O5. The number of imidazole rings is 1. The van der Waals surface area contributed by atoms with Crippen molar-refractivity contribution >= 4 is 28.7 Å². The molecule has 4 aromatic rings. The Balaban J connectivity index is 2.13. The maximum atomic E-state index is 13.8. The number of alkyl halides is 3. The van der Waals surface area contributed by atoms with Crippen molar-refractivity contribution in [1.29, 1.82) is 0 Å². The van der Waals surface area contributed by atoms with Crippen LogP contribution in [0.1, 0.15) is 42.8 Å². The van der Waals surface area contributed by atoms with Crippen LogP contribution >= 0.6 is 11.6 Å². The van der Waals surface area contributed by atoms with Gasteiger partial charge in [-0.3, -0.25) is 18.7 Å². The number of aromatic nitrogens is 4. The topological polar surface area (TPSA) is 108 Å². The third kappa shape index (κ3) is 5.53. The van der Waals surface area contributed by atoms with Gasteiger partial charge in [0.1, 0.15) is 11.2 Å². The normalized spacial score (nSPS) is 13.4. The third-order valence-corrected chi connectivity index (χ3v) is 7.18. The number of rotatable bonds is 9. The highest BCUT2D eigenvalue weighted by Gasteiger charge is 2.45. The lowest BCUT2D eigenvalue weighted by Crippen LogP contribution is -2.40. The Morgan fingerprint density at radius 2 is 1.73 bits per heavy atom. The molecule has 0 saturated carbocycles. The number of carbonyl (C=O) groups is 1. The van der Waals surface area contributed by atoms with E-state index in [1.807, 2.05) is 0 Å². The van der Waals surface area contributed by atoms with E-state index in [9.17, 15) is 32.7 Å². The molecule has 0 fully saturated rings. The van der Waals surface area contributed by atoms with Gasteiger partial charge in [-0.2, -0.15) is 13.2 Å². The summed E-state index contributed by atoms with van der Waals surface area (Å²) in [6.45, 7) is 2.48. The Labute approximate surface area is 237 Å². The molecular weight excluding hydrogens is 565 g/mol. The minimum Gasteiger partial charge on any atom is -0.465 e. The number of halogens is 4. The van der Waals surface area contributed by atoms with Crippen LogP contribution in [0.5, 0.6) is 0 Å². The lowest BCUT2D eigenvalue weighted by Gasteiger charge is -2.28. The van der Waals surface area contributed by atoms with Crippen molar-refractivity contribution in [3.8, 4) is 0 Å². The third-order valence-electron chi connectivity index (χ3n) is 6.92. The van der Waals surface area contributed by atoms with Crippen molar-refractivity contribution in [1.82, 2.24) is 18.7 Å². The summed E-state index contributed by atoms with van der Waals surface area (Å²) in [6, 6.07) is 10.9. The average Bonchev–Trinajstić information content (AvgIpc) is 3.32. The van der Waals surface area contributed by atoms with Gasteiger partial charge in [0.25, 0.3) is 5.56 Å². The summed E-state index contributed by atoms with van der Waals surface area (Å²) in [7, 11) is 1.40. The Hall–Kier alpha value is -3.90. The fraction of sp³-hybridized carbons (Fsp3) is 0.357. The van der Waals surface area contributed by atoms with E-state index in [-0.39, 0.29) is 55.3 Å². The Bertz CT molecular complexity index is 1710. The summed E-state index contributed by atoms with van der Waals surface area (Å²) in [4.78, 5) is 45.1. The van der Waals surface area contributed by atoms with Crippen LogP contribution in [0.25, 0.3) is 11.2 Å². The van der Waals surface area contributed by atoms with Crippen LogP contribution in [0.4, 0.5) is 13.2 Å². The molecule has 4 rings (SSSR count). The van der Waals surface area contributed by atoms with Crippen LogP contribution < -0.4 is 11.2 Å². The van der Waals surface area contributed by atoms with E-state index in [2.05, 4.69) is 4.98 Å². The zero-order chi connectivity index (χ0) is 30.1. The fourth-order valence-electron chi connectivity index (χ4n) is 4.73. The quantitative estimate of drug-likeness (QED) is 0.296. The van der Waals surface area contributed by atoms with Gasteiger partial charge in [-0.25, -0.2) is 9.78 Å². The first kappa shape index (κ1) is 30.1. The van der Waals surface area contributed by atoms with E-state index in [0.29, 0.717) is 10.6 Å². The standard InChI is InChI=1S/C28H28ClF3N4O5/c1-4-41-25(39)27(2,18-7-5-8-19(15-18)28(30,31)32)24-33-22-21(36(24)16-17-9-11-20(29)12-10-17)23(38)35(13-6-14-37)26(40)34(22)3/h5,7-12,15,37H,4,6,13-14,16H2,1-3H3. The maximum absolute atomic E-state index is 13.8. The first-order valence-corrected chi connectivity index (χ1v) is 13.1. The van der Waals surface area contributed by atoms with Gasteiger partial charge in [0.2, 0.25) is 0 Å². The number of benzene rings is 2. The van der Waals surface area contributed by atoms with Gasteiger partial charge in [-0.15, -0.1) is 0 Å². The number of aryl methyl sites for hydroxylation is 1. The molecule has 0 amide bonds. The Morgan fingerprint density at radius 1 is 1.07 bits per heavy atom. The monoisotopic (exact) mass is 592 g/mol. The number of aliphatic hydroxyl groups is 1. The van der Waals surface area contributed by atoms with Crippen molar-refractivity contribution < 1.29 is 27.8 Å². The number of fused-ring (bicyclic) bond motifs is 1. The van der Waals surface area contributed by atoms with Crippen molar-refractivity contribution in [3.63, 3.8) is 0 Å². The molecule has 13 heteroatoms. The van der Waals surface area contributed by atoms with E-state index < -0.39 is 34.4 Å². The molecule has 0 radical (unpaired) electrons. The van der Waals surface area contributed by atoms with Crippen LogP contribution in [-0.4, -0.2) is 43.0 Å². The minimum absolute atomic E-state index is 0.0373. The van der Waals surface area contributed by atoms with Gasteiger partial charge in [0.05, 0.1) is 12.2 Å². The number of hydrogen-bond donors (Lipinski definition) is 1. The van der Waals surface area contributed by atoms with Crippen molar-refractivity contribution in [2.75, 3.05) is 13.2 Å².